The fraction of sp³-hybridized carbons (Fsp3) is 0.158. The van der Waals surface area contributed by atoms with Gasteiger partial charge in [0.05, 0.1) is 17.6 Å². The summed E-state index contributed by atoms with van der Waals surface area (Å²) in [7, 11) is 1.79. The van der Waals surface area contributed by atoms with Crippen LogP contribution < -0.4 is 14.4 Å². The topological polar surface area (TPSA) is 51.7 Å². The Hall–Kier alpha value is -3.08. The van der Waals surface area contributed by atoms with Crippen LogP contribution in [0.5, 0.6) is 11.5 Å². The highest BCUT2D eigenvalue weighted by molar-refractivity contribution is 6.02. The highest BCUT2D eigenvalue weighted by Gasteiger charge is 2.17. The number of fused-ring (bicyclic) bond motifs is 2. The van der Waals surface area contributed by atoms with E-state index in [0.29, 0.717) is 12.2 Å². The minimum absolute atomic E-state index is 0.00483. The van der Waals surface area contributed by atoms with E-state index in [1.807, 2.05) is 48.5 Å². The van der Waals surface area contributed by atoms with E-state index in [9.17, 15) is 4.79 Å². The highest BCUT2D eigenvalue weighted by Crippen LogP contribution is 2.33. The minimum atomic E-state index is 0.00483. The number of ether oxygens (including phenoxy) is 2. The molecule has 0 saturated carbocycles. The molecule has 1 aromatic heterocycles. The molecule has 0 saturated heterocycles. The van der Waals surface area contributed by atoms with Crippen LogP contribution in [0.15, 0.2) is 54.7 Å². The van der Waals surface area contributed by atoms with Crippen LogP contribution in [0.2, 0.25) is 0 Å². The molecule has 1 aliphatic heterocycles. The lowest BCUT2D eigenvalue weighted by Crippen LogP contribution is -2.28. The molecule has 0 radical (unpaired) electrons. The third-order valence-corrected chi connectivity index (χ3v) is 4.15. The quantitative estimate of drug-likeness (QED) is 0.744. The van der Waals surface area contributed by atoms with Crippen molar-refractivity contribution in [2.45, 2.75) is 6.42 Å². The Kier molecular flexibility index (Phi) is 3.54. The number of benzene rings is 2. The minimum Gasteiger partial charge on any atom is -0.454 e. The van der Waals surface area contributed by atoms with E-state index in [-0.39, 0.29) is 12.7 Å². The van der Waals surface area contributed by atoms with Crippen molar-refractivity contribution in [3.63, 3.8) is 0 Å². The molecule has 1 aliphatic rings. The van der Waals surface area contributed by atoms with Gasteiger partial charge in [-0.3, -0.25) is 9.78 Å². The van der Waals surface area contributed by atoms with Gasteiger partial charge in [-0.25, -0.2) is 0 Å². The first kappa shape index (κ1) is 14.5. The second-order valence-corrected chi connectivity index (χ2v) is 5.66. The second-order valence-electron chi connectivity index (χ2n) is 5.66. The highest BCUT2D eigenvalue weighted by atomic mass is 16.7. The van der Waals surface area contributed by atoms with Crippen LogP contribution in [0.1, 0.15) is 5.56 Å². The van der Waals surface area contributed by atoms with Crippen molar-refractivity contribution in [1.82, 2.24) is 4.98 Å². The van der Waals surface area contributed by atoms with Gasteiger partial charge >= 0.3 is 0 Å². The van der Waals surface area contributed by atoms with Crippen molar-refractivity contribution < 1.29 is 14.3 Å². The zero-order valence-corrected chi connectivity index (χ0v) is 13.2. The van der Waals surface area contributed by atoms with Gasteiger partial charge < -0.3 is 14.4 Å². The van der Waals surface area contributed by atoms with Crippen LogP contribution in [-0.2, 0) is 11.2 Å². The summed E-state index contributed by atoms with van der Waals surface area (Å²) in [5.41, 5.74) is 2.62. The third kappa shape index (κ3) is 2.54. The summed E-state index contributed by atoms with van der Waals surface area (Å²) in [5, 5.41) is 0.960. The molecule has 0 unspecified atom stereocenters. The zero-order valence-electron chi connectivity index (χ0n) is 13.2. The maximum atomic E-state index is 12.7. The molecule has 0 aliphatic carbocycles. The Bertz CT molecular complexity index is 918. The molecule has 2 heterocycles. The Morgan fingerprint density at radius 2 is 2.00 bits per heavy atom. The normalized spacial score (nSPS) is 12.4. The predicted molar refractivity (Wildman–Crippen MR) is 91.4 cm³/mol. The number of rotatable bonds is 3. The van der Waals surface area contributed by atoms with Crippen molar-refractivity contribution in [2.24, 2.45) is 0 Å². The molecule has 0 atom stereocenters. The van der Waals surface area contributed by atoms with Crippen LogP contribution in [0, 0.1) is 0 Å². The van der Waals surface area contributed by atoms with Gasteiger partial charge in [0, 0.05) is 18.6 Å². The van der Waals surface area contributed by atoms with Gasteiger partial charge in [-0.05, 0) is 42.0 Å². The smallest absolute Gasteiger partial charge is 0.231 e. The second kappa shape index (κ2) is 5.85. The first-order chi connectivity index (χ1) is 11.7. The number of hydrogen-bond donors (Lipinski definition) is 0. The number of likely N-dealkylation sites (N-methyl/N-ethyl adjacent to an activating group) is 1. The van der Waals surface area contributed by atoms with Crippen molar-refractivity contribution in [1.29, 1.82) is 0 Å². The Labute approximate surface area is 139 Å². The van der Waals surface area contributed by atoms with E-state index >= 15 is 0 Å². The van der Waals surface area contributed by atoms with Crippen LogP contribution in [0.25, 0.3) is 10.9 Å². The van der Waals surface area contributed by atoms with E-state index in [4.69, 9.17) is 9.47 Å². The molecular formula is C19H16N2O3. The van der Waals surface area contributed by atoms with Gasteiger partial charge in [0.2, 0.25) is 12.7 Å². The van der Waals surface area contributed by atoms with E-state index in [1.54, 1.807) is 18.1 Å². The fourth-order valence-corrected chi connectivity index (χ4v) is 2.86. The maximum Gasteiger partial charge on any atom is 0.231 e. The number of carbonyl (C=O) groups excluding carboxylic acids is 1. The number of hydrogen-bond acceptors (Lipinski definition) is 4. The Morgan fingerprint density at radius 1 is 1.12 bits per heavy atom. The molecular weight excluding hydrogens is 304 g/mol. The lowest BCUT2D eigenvalue weighted by atomic mass is 10.1. The Balaban J connectivity index is 1.59. The molecule has 2 aromatic carbocycles. The van der Waals surface area contributed by atoms with Crippen molar-refractivity contribution in [3.05, 3.63) is 60.3 Å². The summed E-state index contributed by atoms with van der Waals surface area (Å²) < 4.78 is 10.7. The summed E-state index contributed by atoms with van der Waals surface area (Å²) in [6.45, 7) is 0.232. The molecule has 0 N–H and O–H groups in total. The zero-order chi connectivity index (χ0) is 16.5. The van der Waals surface area contributed by atoms with E-state index in [0.717, 1.165) is 27.9 Å². The maximum absolute atomic E-state index is 12.7. The SMILES string of the molecule is CN(C(=O)Cc1ccc2c(c1)OCO2)c1cccc2ncccc12. The average molecular weight is 320 g/mol. The lowest BCUT2D eigenvalue weighted by Gasteiger charge is -2.19. The standard InChI is InChI=1S/C19H16N2O3/c1-21(16-6-2-5-15-14(16)4-3-9-20-15)19(22)11-13-7-8-17-18(10-13)24-12-23-17/h2-10H,11-12H2,1H3. The first-order valence-electron chi connectivity index (χ1n) is 7.71. The van der Waals surface area contributed by atoms with Crippen LogP contribution >= 0.6 is 0 Å². The van der Waals surface area contributed by atoms with Crippen LogP contribution in [0.4, 0.5) is 5.69 Å². The average Bonchev–Trinajstić information content (AvgIpc) is 3.08. The number of nitrogens with zero attached hydrogens (tertiary/aromatic N) is 2. The number of aromatic nitrogens is 1. The van der Waals surface area contributed by atoms with Crippen molar-refractivity contribution in [2.75, 3.05) is 18.7 Å². The predicted octanol–water partition coefficient (Wildman–Crippen LogP) is 3.17. The third-order valence-electron chi connectivity index (χ3n) is 4.15. The Morgan fingerprint density at radius 3 is 2.92 bits per heavy atom. The number of pyridine rings is 1. The summed E-state index contributed by atoms with van der Waals surface area (Å²) in [5.74, 6) is 1.42. The van der Waals surface area contributed by atoms with Crippen LogP contribution in [0.3, 0.4) is 0 Å². The summed E-state index contributed by atoms with van der Waals surface area (Å²) >= 11 is 0. The number of amides is 1. The molecule has 24 heavy (non-hydrogen) atoms. The van der Waals surface area contributed by atoms with Gasteiger partial charge in [-0.1, -0.05) is 12.1 Å². The van der Waals surface area contributed by atoms with Crippen LogP contribution in [-0.4, -0.2) is 24.7 Å². The lowest BCUT2D eigenvalue weighted by molar-refractivity contribution is -0.117. The first-order valence-corrected chi connectivity index (χ1v) is 7.71. The summed E-state index contributed by atoms with van der Waals surface area (Å²) in [6.07, 6.45) is 2.05. The number of anilines is 1. The molecule has 5 heteroatoms. The van der Waals surface area contributed by atoms with E-state index in [2.05, 4.69) is 4.98 Å². The fourth-order valence-electron chi connectivity index (χ4n) is 2.86. The molecule has 4 rings (SSSR count). The van der Waals surface area contributed by atoms with Gasteiger partial charge in [-0.15, -0.1) is 0 Å². The summed E-state index contributed by atoms with van der Waals surface area (Å²) in [4.78, 5) is 18.7. The van der Waals surface area contributed by atoms with Gasteiger partial charge in [-0.2, -0.15) is 0 Å². The number of carbonyl (C=O) groups is 1. The molecule has 0 fully saturated rings. The van der Waals surface area contributed by atoms with Crippen molar-refractivity contribution in [3.8, 4) is 11.5 Å². The molecule has 1 amide bonds. The van der Waals surface area contributed by atoms with E-state index < -0.39 is 0 Å². The molecule has 0 spiro atoms. The molecule has 3 aromatic rings. The molecule has 120 valence electrons. The largest absolute Gasteiger partial charge is 0.454 e. The molecule has 0 bridgehead atoms. The van der Waals surface area contributed by atoms with Gasteiger partial charge in [0.1, 0.15) is 0 Å². The van der Waals surface area contributed by atoms with Gasteiger partial charge in [0.25, 0.3) is 0 Å². The van der Waals surface area contributed by atoms with E-state index in [1.165, 1.54) is 0 Å². The summed E-state index contributed by atoms with van der Waals surface area (Å²) in [6, 6.07) is 15.2. The van der Waals surface area contributed by atoms with Crippen molar-refractivity contribution >= 4 is 22.5 Å². The monoisotopic (exact) mass is 320 g/mol. The van der Waals surface area contributed by atoms with Gasteiger partial charge in [0.15, 0.2) is 11.5 Å². The molecule has 5 nitrogen and oxygen atoms in total.